The van der Waals surface area contributed by atoms with E-state index < -0.39 is 10.0 Å². The molecule has 1 unspecified atom stereocenters. The van der Waals surface area contributed by atoms with Crippen LogP contribution in [0.15, 0.2) is 17.0 Å². The molecule has 0 aliphatic carbocycles. The van der Waals surface area contributed by atoms with E-state index in [0.717, 1.165) is 5.56 Å². The topological polar surface area (TPSA) is 81.4 Å². The van der Waals surface area contributed by atoms with Crippen molar-refractivity contribution in [3.63, 3.8) is 0 Å². The second-order valence-electron chi connectivity index (χ2n) is 5.80. The van der Waals surface area contributed by atoms with Crippen LogP contribution in [0.2, 0.25) is 0 Å². The van der Waals surface area contributed by atoms with E-state index in [1.165, 1.54) is 7.11 Å². The fourth-order valence-electron chi connectivity index (χ4n) is 2.45. The molecule has 0 aromatic heterocycles. The van der Waals surface area contributed by atoms with E-state index in [9.17, 15) is 8.42 Å². The molecule has 5 nitrogen and oxygen atoms in total. The maximum Gasteiger partial charge on any atom is 0.244 e. The molecule has 0 bridgehead atoms. The Morgan fingerprint density at radius 2 is 1.90 bits per heavy atom. The van der Waals surface area contributed by atoms with Crippen molar-refractivity contribution in [1.82, 2.24) is 4.72 Å². The van der Waals surface area contributed by atoms with Crippen LogP contribution < -0.4 is 15.2 Å². The fourth-order valence-corrected chi connectivity index (χ4v) is 4.09. The maximum atomic E-state index is 12.6. The summed E-state index contributed by atoms with van der Waals surface area (Å²) < 4.78 is 33.2. The average molecular weight is 314 g/mol. The first kappa shape index (κ1) is 17.9. The molecule has 0 saturated carbocycles. The average Bonchev–Trinajstić information content (AvgIpc) is 2.35. The summed E-state index contributed by atoms with van der Waals surface area (Å²) in [7, 11) is -2.19. The zero-order valence-corrected chi connectivity index (χ0v) is 14.3. The number of sulfonamides is 1. The van der Waals surface area contributed by atoms with Gasteiger partial charge in [-0.1, -0.05) is 19.9 Å². The zero-order valence-electron chi connectivity index (χ0n) is 13.4. The van der Waals surface area contributed by atoms with Gasteiger partial charge in [0, 0.05) is 12.6 Å². The van der Waals surface area contributed by atoms with Crippen LogP contribution in [-0.4, -0.2) is 28.1 Å². The smallest absolute Gasteiger partial charge is 0.244 e. The minimum absolute atomic E-state index is 0.192. The fraction of sp³-hybridized carbons (Fsp3) is 0.600. The van der Waals surface area contributed by atoms with Crippen molar-refractivity contribution in [2.75, 3.05) is 13.7 Å². The predicted octanol–water partition coefficient (Wildman–Crippen LogP) is 1.96. The Kier molecular flexibility index (Phi) is 6.19. The van der Waals surface area contributed by atoms with Gasteiger partial charge in [-0.3, -0.25) is 0 Å². The maximum absolute atomic E-state index is 12.6. The van der Waals surface area contributed by atoms with Crippen molar-refractivity contribution < 1.29 is 13.2 Å². The molecule has 1 atom stereocenters. The minimum atomic E-state index is -3.66. The summed E-state index contributed by atoms with van der Waals surface area (Å²) in [6, 6.07) is 3.28. The number of hydrogen-bond donors (Lipinski definition) is 2. The van der Waals surface area contributed by atoms with Gasteiger partial charge in [-0.15, -0.1) is 0 Å². The molecular weight excluding hydrogens is 288 g/mol. The molecule has 0 aliphatic rings. The van der Waals surface area contributed by atoms with Crippen LogP contribution in [0.3, 0.4) is 0 Å². The van der Waals surface area contributed by atoms with Gasteiger partial charge in [-0.25, -0.2) is 13.1 Å². The van der Waals surface area contributed by atoms with Gasteiger partial charge in [0.2, 0.25) is 10.0 Å². The second-order valence-corrected chi connectivity index (χ2v) is 7.45. The van der Waals surface area contributed by atoms with E-state index in [0.29, 0.717) is 23.7 Å². The monoisotopic (exact) mass is 314 g/mol. The third kappa shape index (κ3) is 4.69. The number of aryl methyl sites for hydroxylation is 2. The Bertz CT molecular complexity index is 583. The van der Waals surface area contributed by atoms with Gasteiger partial charge >= 0.3 is 0 Å². The predicted molar refractivity (Wildman–Crippen MR) is 85.1 cm³/mol. The first-order chi connectivity index (χ1) is 9.71. The van der Waals surface area contributed by atoms with Crippen LogP contribution in [0.5, 0.6) is 5.75 Å². The number of nitrogens with two attached hydrogens (primary N) is 1. The summed E-state index contributed by atoms with van der Waals surface area (Å²) in [5.41, 5.74) is 7.31. The molecule has 1 rings (SSSR count). The molecule has 0 radical (unpaired) electrons. The minimum Gasteiger partial charge on any atom is -0.495 e. The molecular formula is C15H26N2O3S. The summed E-state index contributed by atoms with van der Waals surface area (Å²) in [5, 5.41) is 0. The Hall–Kier alpha value is -1.11. The van der Waals surface area contributed by atoms with E-state index in [1.54, 1.807) is 13.0 Å². The van der Waals surface area contributed by atoms with Gasteiger partial charge in [-0.05, 0) is 43.4 Å². The molecule has 0 amide bonds. The summed E-state index contributed by atoms with van der Waals surface area (Å²) in [5.74, 6) is 0.725. The third-order valence-corrected chi connectivity index (χ3v) is 4.94. The Balaban J connectivity index is 3.19. The summed E-state index contributed by atoms with van der Waals surface area (Å²) in [4.78, 5) is 0.192. The molecule has 3 N–H and O–H groups in total. The van der Waals surface area contributed by atoms with E-state index in [2.05, 4.69) is 4.72 Å². The van der Waals surface area contributed by atoms with Crippen LogP contribution in [0.1, 0.15) is 31.4 Å². The highest BCUT2D eigenvalue weighted by atomic mass is 32.2. The standard InChI is InChI=1S/C15H26N2O3S/c1-10(2)6-13(9-16)17-21(18,19)15-12(4)7-11(3)8-14(15)20-5/h7-8,10,13,17H,6,9,16H2,1-5H3. The van der Waals surface area contributed by atoms with Gasteiger partial charge in [0.25, 0.3) is 0 Å². The highest BCUT2D eigenvalue weighted by Gasteiger charge is 2.25. The van der Waals surface area contributed by atoms with Gasteiger partial charge in [0.1, 0.15) is 10.6 Å². The van der Waals surface area contributed by atoms with Crippen LogP contribution >= 0.6 is 0 Å². The van der Waals surface area contributed by atoms with Crippen LogP contribution in [0.4, 0.5) is 0 Å². The lowest BCUT2D eigenvalue weighted by molar-refractivity contribution is 0.400. The quantitative estimate of drug-likeness (QED) is 0.806. The molecule has 6 heteroatoms. The van der Waals surface area contributed by atoms with Crippen molar-refractivity contribution in [2.45, 2.75) is 45.1 Å². The van der Waals surface area contributed by atoms with E-state index in [1.807, 2.05) is 26.8 Å². The van der Waals surface area contributed by atoms with Crippen molar-refractivity contribution in [1.29, 1.82) is 0 Å². The highest BCUT2D eigenvalue weighted by molar-refractivity contribution is 7.89. The van der Waals surface area contributed by atoms with Gasteiger partial charge in [-0.2, -0.15) is 0 Å². The lowest BCUT2D eigenvalue weighted by Crippen LogP contribution is -2.41. The number of hydrogen-bond acceptors (Lipinski definition) is 4. The van der Waals surface area contributed by atoms with E-state index in [-0.39, 0.29) is 17.5 Å². The van der Waals surface area contributed by atoms with E-state index in [4.69, 9.17) is 10.5 Å². The summed E-state index contributed by atoms with van der Waals surface area (Å²) in [6.07, 6.45) is 0.697. The zero-order chi connectivity index (χ0) is 16.2. The lowest BCUT2D eigenvalue weighted by atomic mass is 10.1. The second kappa shape index (κ2) is 7.24. The number of benzene rings is 1. The van der Waals surface area contributed by atoms with Crippen LogP contribution in [0, 0.1) is 19.8 Å². The van der Waals surface area contributed by atoms with Crippen molar-refractivity contribution in [3.05, 3.63) is 23.3 Å². The van der Waals surface area contributed by atoms with Crippen molar-refractivity contribution in [3.8, 4) is 5.75 Å². The van der Waals surface area contributed by atoms with Crippen molar-refractivity contribution >= 4 is 10.0 Å². The highest BCUT2D eigenvalue weighted by Crippen LogP contribution is 2.29. The molecule has 1 aromatic carbocycles. The number of ether oxygens (including phenoxy) is 1. The van der Waals surface area contributed by atoms with Gasteiger partial charge < -0.3 is 10.5 Å². The third-order valence-electron chi connectivity index (χ3n) is 3.24. The molecule has 1 aromatic rings. The van der Waals surface area contributed by atoms with Crippen LogP contribution in [0.25, 0.3) is 0 Å². The van der Waals surface area contributed by atoms with Crippen LogP contribution in [-0.2, 0) is 10.0 Å². The SMILES string of the molecule is COc1cc(C)cc(C)c1S(=O)(=O)NC(CN)CC(C)C. The number of nitrogens with one attached hydrogen (secondary N) is 1. The normalized spacial score (nSPS) is 13.5. The summed E-state index contributed by atoms with van der Waals surface area (Å²) in [6.45, 7) is 8.01. The van der Waals surface area contributed by atoms with Gasteiger partial charge in [0.15, 0.2) is 0 Å². The molecule has 0 saturated heterocycles. The lowest BCUT2D eigenvalue weighted by Gasteiger charge is -2.21. The molecule has 0 spiro atoms. The Morgan fingerprint density at radius 3 is 2.38 bits per heavy atom. The largest absolute Gasteiger partial charge is 0.495 e. The summed E-state index contributed by atoms with van der Waals surface area (Å²) >= 11 is 0. The Morgan fingerprint density at radius 1 is 1.29 bits per heavy atom. The van der Waals surface area contributed by atoms with Crippen molar-refractivity contribution in [2.24, 2.45) is 11.7 Å². The first-order valence-corrected chi connectivity index (χ1v) is 8.57. The number of rotatable bonds is 7. The molecule has 120 valence electrons. The first-order valence-electron chi connectivity index (χ1n) is 7.09. The Labute approximate surface area is 127 Å². The molecule has 0 fully saturated rings. The molecule has 21 heavy (non-hydrogen) atoms. The van der Waals surface area contributed by atoms with Gasteiger partial charge in [0.05, 0.1) is 7.11 Å². The molecule has 0 aliphatic heterocycles. The number of methoxy groups -OCH3 is 1. The molecule has 0 heterocycles. The van der Waals surface area contributed by atoms with E-state index >= 15 is 0 Å².